The van der Waals surface area contributed by atoms with Crippen LogP contribution >= 0.6 is 0 Å². The van der Waals surface area contributed by atoms with Crippen LogP contribution in [0, 0.1) is 0 Å². The first kappa shape index (κ1) is 24.7. The van der Waals surface area contributed by atoms with E-state index in [1.165, 1.54) is 12.5 Å². The third-order valence-electron chi connectivity index (χ3n) is 4.96. The lowest BCUT2D eigenvalue weighted by Crippen LogP contribution is -2.58. The Morgan fingerprint density at radius 2 is 1.94 bits per heavy atom. The van der Waals surface area contributed by atoms with E-state index < -0.39 is 66.9 Å². The highest BCUT2D eigenvalue weighted by Gasteiger charge is 2.39. The number of nitrogens with one attached hydrogen (secondary N) is 3. The summed E-state index contributed by atoms with van der Waals surface area (Å²) in [5.41, 5.74) is 6.43. The van der Waals surface area contributed by atoms with Crippen LogP contribution in [0.15, 0.2) is 12.5 Å². The monoisotopic (exact) mass is 454 g/mol. The molecule has 0 radical (unpaired) electrons. The van der Waals surface area contributed by atoms with Crippen LogP contribution in [-0.4, -0.2) is 97.2 Å². The second kappa shape index (κ2) is 11.2. The van der Waals surface area contributed by atoms with E-state index in [2.05, 4.69) is 20.6 Å². The molecule has 14 heteroatoms. The van der Waals surface area contributed by atoms with Crippen LogP contribution in [0.3, 0.4) is 0 Å². The first-order chi connectivity index (χ1) is 15.1. The molecule has 1 aromatic heterocycles. The van der Waals surface area contributed by atoms with Crippen LogP contribution in [0.25, 0.3) is 0 Å². The third kappa shape index (κ3) is 6.49. The number of hydrogen-bond acceptors (Lipinski definition) is 8. The molecule has 4 unspecified atom stereocenters. The summed E-state index contributed by atoms with van der Waals surface area (Å²) in [4.78, 5) is 67.5. The number of nitrogens with two attached hydrogens (primary N) is 1. The van der Waals surface area contributed by atoms with Gasteiger partial charge in [-0.2, -0.15) is 0 Å². The summed E-state index contributed by atoms with van der Waals surface area (Å²) < 4.78 is 0. The van der Waals surface area contributed by atoms with E-state index in [9.17, 15) is 29.1 Å². The minimum absolute atomic E-state index is 0.118. The van der Waals surface area contributed by atoms with Gasteiger partial charge in [-0.15, -0.1) is 0 Å². The van der Waals surface area contributed by atoms with Gasteiger partial charge in [0.05, 0.1) is 25.4 Å². The van der Waals surface area contributed by atoms with Crippen molar-refractivity contribution in [2.75, 3.05) is 13.2 Å². The molecule has 4 atom stereocenters. The van der Waals surface area contributed by atoms with E-state index in [0.717, 1.165) is 4.90 Å². The van der Waals surface area contributed by atoms with E-state index in [1.54, 1.807) is 0 Å². The molecule has 176 valence electrons. The zero-order chi connectivity index (χ0) is 23.8. The molecule has 0 aromatic carbocycles. The molecule has 0 spiro atoms. The Labute approximate surface area is 182 Å². The first-order valence-electron chi connectivity index (χ1n) is 9.83. The topological polar surface area (TPSA) is 228 Å². The van der Waals surface area contributed by atoms with Crippen molar-refractivity contribution in [3.63, 3.8) is 0 Å². The number of aromatic nitrogens is 2. The van der Waals surface area contributed by atoms with Crippen LogP contribution in [-0.2, 0) is 30.4 Å². The smallest absolute Gasteiger partial charge is 0.326 e. The molecule has 14 nitrogen and oxygen atoms in total. The van der Waals surface area contributed by atoms with Crippen molar-refractivity contribution in [1.82, 2.24) is 25.5 Å². The second-order valence-corrected chi connectivity index (χ2v) is 7.32. The van der Waals surface area contributed by atoms with Gasteiger partial charge in [0, 0.05) is 24.9 Å². The summed E-state index contributed by atoms with van der Waals surface area (Å²) in [5.74, 6) is -5.20. The Bertz CT molecular complexity index is 845. The number of imidazole rings is 1. The second-order valence-electron chi connectivity index (χ2n) is 7.32. The molecular weight excluding hydrogens is 428 g/mol. The molecular formula is C18H26N6O8. The summed E-state index contributed by atoms with van der Waals surface area (Å²) in [6.45, 7) is -0.608. The van der Waals surface area contributed by atoms with Gasteiger partial charge in [-0.05, 0) is 12.8 Å². The molecule has 0 aliphatic carbocycles. The fourth-order valence-corrected chi connectivity index (χ4v) is 3.34. The van der Waals surface area contributed by atoms with Crippen molar-refractivity contribution < 1.29 is 39.3 Å². The van der Waals surface area contributed by atoms with Gasteiger partial charge in [-0.1, -0.05) is 0 Å². The molecule has 0 bridgehead atoms. The van der Waals surface area contributed by atoms with Crippen molar-refractivity contribution in [2.24, 2.45) is 5.73 Å². The van der Waals surface area contributed by atoms with Gasteiger partial charge in [-0.3, -0.25) is 19.2 Å². The number of H-pyrrole nitrogens is 1. The number of aliphatic carboxylic acids is 2. The minimum atomic E-state index is -1.66. The van der Waals surface area contributed by atoms with Gasteiger partial charge >= 0.3 is 11.9 Å². The van der Waals surface area contributed by atoms with Gasteiger partial charge in [0.15, 0.2) is 0 Å². The predicted octanol–water partition coefficient (Wildman–Crippen LogP) is -3.21. The van der Waals surface area contributed by atoms with E-state index in [0.29, 0.717) is 12.1 Å². The average molecular weight is 454 g/mol. The zero-order valence-corrected chi connectivity index (χ0v) is 17.1. The summed E-state index contributed by atoms with van der Waals surface area (Å²) in [7, 11) is 0. The number of aliphatic hydroxyl groups excluding tert-OH is 1. The number of carboxylic acids is 2. The highest BCUT2D eigenvalue weighted by Crippen LogP contribution is 2.19. The van der Waals surface area contributed by atoms with Gasteiger partial charge in [0.25, 0.3) is 0 Å². The maximum absolute atomic E-state index is 12.9. The van der Waals surface area contributed by atoms with E-state index in [4.69, 9.17) is 15.9 Å². The fourth-order valence-electron chi connectivity index (χ4n) is 3.34. The van der Waals surface area contributed by atoms with Gasteiger partial charge in [-0.25, -0.2) is 9.78 Å². The van der Waals surface area contributed by atoms with Crippen LogP contribution in [0.4, 0.5) is 0 Å². The largest absolute Gasteiger partial charge is 0.481 e. The Hall–Kier alpha value is -3.52. The Morgan fingerprint density at radius 1 is 1.22 bits per heavy atom. The average Bonchev–Trinajstić information content (AvgIpc) is 3.42. The number of carboxylic acid groups (broad SMARTS) is 2. The van der Waals surface area contributed by atoms with E-state index in [-0.39, 0.29) is 19.4 Å². The molecule has 32 heavy (non-hydrogen) atoms. The van der Waals surface area contributed by atoms with Crippen LogP contribution in [0.1, 0.15) is 25.0 Å². The first-order valence-corrected chi connectivity index (χ1v) is 9.83. The number of amides is 3. The molecule has 1 fully saturated rings. The molecule has 1 aromatic rings. The summed E-state index contributed by atoms with van der Waals surface area (Å²) >= 11 is 0. The molecule has 3 amide bonds. The number of rotatable bonds is 11. The predicted molar refractivity (Wildman–Crippen MR) is 106 cm³/mol. The van der Waals surface area contributed by atoms with E-state index in [1.807, 2.05) is 0 Å². The number of nitrogens with zero attached hydrogens (tertiary/aromatic N) is 2. The van der Waals surface area contributed by atoms with Crippen LogP contribution in [0.2, 0.25) is 0 Å². The van der Waals surface area contributed by atoms with E-state index >= 15 is 0 Å². The number of aromatic amines is 1. The van der Waals surface area contributed by atoms with Crippen molar-refractivity contribution in [1.29, 1.82) is 0 Å². The quantitative estimate of drug-likeness (QED) is 0.177. The Balaban J connectivity index is 2.01. The van der Waals surface area contributed by atoms with Crippen molar-refractivity contribution in [2.45, 2.75) is 49.9 Å². The number of likely N-dealkylation sites (tertiary alicyclic amines) is 1. The summed E-state index contributed by atoms with van der Waals surface area (Å²) in [5, 5.41) is 32.0. The number of aliphatic hydroxyl groups is 1. The SMILES string of the molecule is NC(Cc1cnc[nH]1)C(=O)NC(CO)C(=O)N1CCCC1C(=O)NC(CC(=O)O)C(=O)O. The molecule has 0 saturated carbocycles. The van der Waals surface area contributed by atoms with Crippen molar-refractivity contribution >= 4 is 29.7 Å². The van der Waals surface area contributed by atoms with Crippen molar-refractivity contribution in [3.05, 3.63) is 18.2 Å². The van der Waals surface area contributed by atoms with Crippen LogP contribution in [0.5, 0.6) is 0 Å². The molecule has 2 heterocycles. The lowest BCUT2D eigenvalue weighted by atomic mass is 10.1. The Kier molecular flexibility index (Phi) is 8.66. The fraction of sp³-hybridized carbons (Fsp3) is 0.556. The summed E-state index contributed by atoms with van der Waals surface area (Å²) in [6, 6.07) is -5.12. The zero-order valence-electron chi connectivity index (χ0n) is 17.1. The van der Waals surface area contributed by atoms with Crippen LogP contribution < -0.4 is 16.4 Å². The highest BCUT2D eigenvalue weighted by atomic mass is 16.4. The highest BCUT2D eigenvalue weighted by molar-refractivity contribution is 5.95. The standard InChI is InChI=1S/C18H26N6O8/c19-10(4-9-6-20-8-21-9)15(28)23-12(7-25)17(30)24-3-1-2-13(24)16(29)22-11(18(31)32)5-14(26)27/h6,8,10-13,25H,1-5,7,19H2,(H,20,21)(H,22,29)(H,23,28)(H,26,27)(H,31,32). The summed E-state index contributed by atoms with van der Waals surface area (Å²) in [6.07, 6.45) is 2.83. The van der Waals surface area contributed by atoms with Crippen molar-refractivity contribution in [3.8, 4) is 0 Å². The lowest BCUT2D eigenvalue weighted by Gasteiger charge is -2.29. The lowest BCUT2D eigenvalue weighted by molar-refractivity contribution is -0.148. The minimum Gasteiger partial charge on any atom is -0.481 e. The third-order valence-corrected chi connectivity index (χ3v) is 4.96. The normalized spacial score (nSPS) is 18.4. The molecule has 8 N–H and O–H groups in total. The Morgan fingerprint density at radius 3 is 2.50 bits per heavy atom. The van der Waals surface area contributed by atoms with Gasteiger partial charge in [0.2, 0.25) is 17.7 Å². The number of carbonyl (C=O) groups excluding carboxylic acids is 3. The molecule has 1 aliphatic heterocycles. The maximum Gasteiger partial charge on any atom is 0.326 e. The van der Waals surface area contributed by atoms with Gasteiger partial charge < -0.3 is 41.6 Å². The number of carbonyl (C=O) groups is 5. The van der Waals surface area contributed by atoms with Gasteiger partial charge in [0.1, 0.15) is 18.1 Å². The molecule has 1 saturated heterocycles. The molecule has 2 rings (SSSR count). The number of hydrogen-bond donors (Lipinski definition) is 7. The molecule has 1 aliphatic rings. The maximum atomic E-state index is 12.9.